The fourth-order valence-electron chi connectivity index (χ4n) is 4.70. The van der Waals surface area contributed by atoms with Crippen LogP contribution in [0.3, 0.4) is 0 Å². The van der Waals surface area contributed by atoms with E-state index in [1.54, 1.807) is 17.0 Å². The van der Waals surface area contributed by atoms with E-state index in [9.17, 15) is 13.2 Å². The Hall–Kier alpha value is -2.94. The Balaban J connectivity index is 1.58. The molecule has 0 aliphatic rings. The van der Waals surface area contributed by atoms with Crippen LogP contribution in [0.25, 0.3) is 10.8 Å². The smallest absolute Gasteiger partial charge is 0.244 e. The molecule has 0 atom stereocenters. The van der Waals surface area contributed by atoms with E-state index in [0.717, 1.165) is 34.0 Å². The van der Waals surface area contributed by atoms with Crippen molar-refractivity contribution in [3.05, 3.63) is 101 Å². The number of nitrogens with zero attached hydrogens (tertiary/aromatic N) is 3. The highest BCUT2D eigenvalue weighted by Gasteiger charge is 2.32. The summed E-state index contributed by atoms with van der Waals surface area (Å²) < 4.78 is 32.3. The van der Waals surface area contributed by atoms with E-state index < -0.39 is 10.0 Å². The predicted octanol–water partition coefficient (Wildman–Crippen LogP) is 6.68. The first-order valence-corrected chi connectivity index (χ1v) is 15.6. The van der Waals surface area contributed by atoms with Gasteiger partial charge in [-0.1, -0.05) is 77.8 Å². The Morgan fingerprint density at radius 2 is 1.67 bits per heavy atom. The van der Waals surface area contributed by atoms with Crippen LogP contribution in [0.15, 0.2) is 94.4 Å². The minimum Gasteiger partial charge on any atom is -0.345 e. The molecule has 0 bridgehead atoms. The highest BCUT2D eigenvalue weighted by atomic mass is 79.9. The van der Waals surface area contributed by atoms with Gasteiger partial charge in [-0.25, -0.2) is 8.42 Å². The van der Waals surface area contributed by atoms with Gasteiger partial charge in [0.15, 0.2) is 0 Å². The van der Waals surface area contributed by atoms with Crippen LogP contribution >= 0.6 is 15.9 Å². The topological polar surface area (TPSA) is 62.6 Å². The van der Waals surface area contributed by atoms with Crippen molar-refractivity contribution >= 4 is 42.6 Å². The van der Waals surface area contributed by atoms with Gasteiger partial charge in [0.05, 0.1) is 18.0 Å². The van der Waals surface area contributed by atoms with Gasteiger partial charge in [-0.05, 0) is 61.5 Å². The van der Waals surface area contributed by atoms with Gasteiger partial charge in [-0.3, -0.25) is 4.79 Å². The van der Waals surface area contributed by atoms with Crippen molar-refractivity contribution in [1.29, 1.82) is 0 Å². The number of sulfonamides is 1. The molecule has 0 unspecified atom stereocenters. The number of benzene rings is 3. The van der Waals surface area contributed by atoms with Crippen LogP contribution in [0, 0.1) is 0 Å². The summed E-state index contributed by atoms with van der Waals surface area (Å²) in [5.41, 5.74) is 2.17. The number of aromatic nitrogens is 1. The minimum absolute atomic E-state index is 0.197. The summed E-state index contributed by atoms with van der Waals surface area (Å²) in [6.45, 7) is 7.19. The Bertz CT molecular complexity index is 1510. The van der Waals surface area contributed by atoms with Gasteiger partial charge in [-0.2, -0.15) is 4.31 Å². The molecule has 206 valence electrons. The van der Waals surface area contributed by atoms with Gasteiger partial charge in [0.25, 0.3) is 0 Å². The molecule has 39 heavy (non-hydrogen) atoms. The van der Waals surface area contributed by atoms with Crippen LogP contribution in [0.2, 0.25) is 0 Å². The standard InChI is InChI=1S/C31H36BrN3O3S/c1-4-5-19-34(22-28-12-9-20-33(28)21-25-15-17-27(32)18-16-25)31(36)23-35(24(2)3)39(37,38)30-14-8-11-26-10-6-7-13-29(26)30/h6-18,20,24H,4-5,19,21-23H2,1-3H3. The zero-order valence-electron chi connectivity index (χ0n) is 22.8. The first kappa shape index (κ1) is 29.1. The average Bonchev–Trinajstić information content (AvgIpc) is 3.36. The van der Waals surface area contributed by atoms with E-state index in [1.165, 1.54) is 4.31 Å². The Morgan fingerprint density at radius 3 is 2.38 bits per heavy atom. The fraction of sp³-hybridized carbons (Fsp3) is 0.323. The van der Waals surface area contributed by atoms with Crippen molar-refractivity contribution in [1.82, 2.24) is 13.8 Å². The number of carbonyl (C=O) groups excluding carboxylic acids is 1. The molecule has 6 nitrogen and oxygen atoms in total. The molecule has 0 N–H and O–H groups in total. The number of amides is 1. The lowest BCUT2D eigenvalue weighted by Crippen LogP contribution is -2.46. The maximum atomic E-state index is 13.9. The predicted molar refractivity (Wildman–Crippen MR) is 161 cm³/mol. The average molecular weight is 611 g/mol. The van der Waals surface area contributed by atoms with E-state index in [4.69, 9.17) is 0 Å². The minimum atomic E-state index is -3.91. The highest BCUT2D eigenvalue weighted by Crippen LogP contribution is 2.27. The van der Waals surface area contributed by atoms with Crippen LogP contribution in [0.5, 0.6) is 0 Å². The van der Waals surface area contributed by atoms with Crippen LogP contribution in [-0.4, -0.2) is 47.2 Å². The largest absolute Gasteiger partial charge is 0.345 e. The second-order valence-corrected chi connectivity index (χ2v) is 12.8. The van der Waals surface area contributed by atoms with Crippen LogP contribution < -0.4 is 0 Å². The van der Waals surface area contributed by atoms with Crippen molar-refractivity contribution in [2.75, 3.05) is 13.1 Å². The van der Waals surface area contributed by atoms with Crippen molar-refractivity contribution in [2.45, 2.75) is 57.6 Å². The molecule has 4 rings (SSSR count). The van der Waals surface area contributed by atoms with E-state index in [-0.39, 0.29) is 23.4 Å². The molecule has 0 aliphatic carbocycles. The molecule has 0 saturated carbocycles. The third kappa shape index (κ3) is 6.99. The van der Waals surface area contributed by atoms with Gasteiger partial charge < -0.3 is 9.47 Å². The molecule has 8 heteroatoms. The van der Waals surface area contributed by atoms with Crippen molar-refractivity contribution in [3.63, 3.8) is 0 Å². The maximum Gasteiger partial charge on any atom is 0.244 e. The number of fused-ring (bicyclic) bond motifs is 1. The van der Waals surface area contributed by atoms with Gasteiger partial charge >= 0.3 is 0 Å². The molecular formula is C31H36BrN3O3S. The van der Waals surface area contributed by atoms with Gasteiger partial charge in [0.1, 0.15) is 0 Å². The SMILES string of the molecule is CCCCN(Cc1cccn1Cc1ccc(Br)cc1)C(=O)CN(C(C)C)S(=O)(=O)c1cccc2ccccc12. The van der Waals surface area contributed by atoms with E-state index in [0.29, 0.717) is 25.0 Å². The molecular weight excluding hydrogens is 574 g/mol. The second-order valence-electron chi connectivity index (χ2n) is 10.0. The highest BCUT2D eigenvalue weighted by molar-refractivity contribution is 9.10. The molecule has 4 aromatic rings. The van der Waals surface area contributed by atoms with E-state index in [2.05, 4.69) is 39.6 Å². The molecule has 1 amide bonds. The lowest BCUT2D eigenvalue weighted by Gasteiger charge is -2.30. The molecule has 0 fully saturated rings. The lowest BCUT2D eigenvalue weighted by atomic mass is 10.1. The third-order valence-corrected chi connectivity index (χ3v) is 9.49. The monoisotopic (exact) mass is 609 g/mol. The van der Waals surface area contributed by atoms with Crippen LogP contribution in [-0.2, 0) is 27.9 Å². The summed E-state index contributed by atoms with van der Waals surface area (Å²) in [6, 6.07) is 24.5. The van der Waals surface area contributed by atoms with Crippen LogP contribution in [0.1, 0.15) is 44.9 Å². The van der Waals surface area contributed by atoms with Crippen molar-refractivity contribution in [3.8, 4) is 0 Å². The molecule has 0 radical (unpaired) electrons. The van der Waals surface area contributed by atoms with E-state index in [1.807, 2.05) is 74.6 Å². The molecule has 3 aromatic carbocycles. The van der Waals surface area contributed by atoms with Gasteiger partial charge in [0.2, 0.25) is 15.9 Å². The fourth-order valence-corrected chi connectivity index (χ4v) is 6.76. The van der Waals surface area contributed by atoms with Crippen molar-refractivity contribution < 1.29 is 13.2 Å². The van der Waals surface area contributed by atoms with Gasteiger partial charge in [-0.15, -0.1) is 0 Å². The number of hydrogen-bond acceptors (Lipinski definition) is 3. The first-order valence-electron chi connectivity index (χ1n) is 13.4. The number of unbranched alkanes of at least 4 members (excludes halogenated alkanes) is 1. The Kier molecular flexibility index (Phi) is 9.64. The summed E-state index contributed by atoms with van der Waals surface area (Å²) in [5.74, 6) is -0.197. The Labute approximate surface area is 240 Å². The Morgan fingerprint density at radius 1 is 0.949 bits per heavy atom. The normalized spacial score (nSPS) is 11.9. The van der Waals surface area contributed by atoms with E-state index >= 15 is 0 Å². The van der Waals surface area contributed by atoms with Crippen LogP contribution in [0.4, 0.5) is 0 Å². The van der Waals surface area contributed by atoms with Gasteiger partial charge in [0, 0.05) is 40.9 Å². The van der Waals surface area contributed by atoms with Crippen molar-refractivity contribution in [2.24, 2.45) is 0 Å². The summed E-state index contributed by atoms with van der Waals surface area (Å²) in [4.78, 5) is 15.8. The quantitative estimate of drug-likeness (QED) is 0.180. The molecule has 0 aliphatic heterocycles. The summed E-state index contributed by atoms with van der Waals surface area (Å²) in [5, 5.41) is 1.51. The molecule has 0 spiro atoms. The number of hydrogen-bond donors (Lipinski definition) is 0. The maximum absolute atomic E-state index is 13.9. The molecule has 1 heterocycles. The number of halogens is 1. The number of carbonyl (C=O) groups is 1. The molecule has 1 aromatic heterocycles. The first-order chi connectivity index (χ1) is 18.7. The third-order valence-electron chi connectivity index (χ3n) is 6.88. The summed E-state index contributed by atoms with van der Waals surface area (Å²) >= 11 is 3.48. The summed E-state index contributed by atoms with van der Waals surface area (Å²) in [6.07, 6.45) is 3.80. The second kappa shape index (κ2) is 12.9. The zero-order valence-corrected chi connectivity index (χ0v) is 25.2. The zero-order chi connectivity index (χ0) is 28.0. The summed E-state index contributed by atoms with van der Waals surface area (Å²) in [7, 11) is -3.91. The molecule has 0 saturated heterocycles. The lowest BCUT2D eigenvalue weighted by molar-refractivity contribution is -0.132. The number of rotatable bonds is 12.